The highest BCUT2D eigenvalue weighted by Crippen LogP contribution is 2.30. The summed E-state index contributed by atoms with van der Waals surface area (Å²) >= 11 is 1.68. The third kappa shape index (κ3) is 3.43. The first-order chi connectivity index (χ1) is 12.2. The van der Waals surface area contributed by atoms with Gasteiger partial charge in [0, 0.05) is 18.8 Å². The molecule has 0 N–H and O–H groups in total. The largest absolute Gasteiger partial charge is 0.370 e. The van der Waals surface area contributed by atoms with E-state index in [-0.39, 0.29) is 18.1 Å². The van der Waals surface area contributed by atoms with E-state index in [2.05, 4.69) is 29.4 Å². The van der Waals surface area contributed by atoms with Crippen molar-refractivity contribution < 1.29 is 9.53 Å². The van der Waals surface area contributed by atoms with Gasteiger partial charge in [-0.1, -0.05) is 29.5 Å². The van der Waals surface area contributed by atoms with Crippen LogP contribution in [0, 0.1) is 6.92 Å². The van der Waals surface area contributed by atoms with Crippen LogP contribution in [0.3, 0.4) is 0 Å². The number of carbonyl (C=O) groups is 1. The number of ether oxygens (including phenoxy) is 1. The zero-order valence-electron chi connectivity index (χ0n) is 14.3. The lowest BCUT2D eigenvalue weighted by atomic mass is 10.0. The van der Waals surface area contributed by atoms with Gasteiger partial charge in [0.2, 0.25) is 5.91 Å². The van der Waals surface area contributed by atoms with Crippen LogP contribution < -0.4 is 0 Å². The minimum Gasteiger partial charge on any atom is -0.370 e. The Kier molecular flexibility index (Phi) is 4.76. The van der Waals surface area contributed by atoms with Crippen LogP contribution in [-0.4, -0.2) is 50.7 Å². The summed E-state index contributed by atoms with van der Waals surface area (Å²) < 4.78 is 7.84. The molecule has 1 amide bonds. The fourth-order valence-electron chi connectivity index (χ4n) is 3.52. The van der Waals surface area contributed by atoms with E-state index < -0.39 is 0 Å². The Hall–Kier alpha value is -1.86. The van der Waals surface area contributed by atoms with Crippen LogP contribution in [-0.2, 0) is 21.9 Å². The molecular weight excluding hydrogens is 336 g/mol. The van der Waals surface area contributed by atoms with Gasteiger partial charge in [-0.3, -0.25) is 4.79 Å². The monoisotopic (exact) mass is 358 g/mol. The molecule has 0 saturated carbocycles. The number of carbonyl (C=O) groups excluding carboxylic acids is 1. The molecule has 0 aliphatic carbocycles. The first-order valence-electron chi connectivity index (χ1n) is 8.63. The summed E-state index contributed by atoms with van der Waals surface area (Å²) in [6.07, 6.45) is 2.74. The number of nitrogens with zero attached hydrogens (tertiary/aromatic N) is 4. The first-order valence-corrected chi connectivity index (χ1v) is 9.78. The number of hydrogen-bond acceptors (Lipinski definition) is 5. The Labute approximate surface area is 151 Å². The van der Waals surface area contributed by atoms with Gasteiger partial charge in [0.25, 0.3) is 0 Å². The van der Waals surface area contributed by atoms with Gasteiger partial charge in [-0.15, -0.1) is 16.9 Å². The van der Waals surface area contributed by atoms with Gasteiger partial charge >= 0.3 is 0 Å². The fraction of sp³-hybridized carbons (Fsp3) is 0.500. The molecule has 0 spiro atoms. The quantitative estimate of drug-likeness (QED) is 0.838. The lowest BCUT2D eigenvalue weighted by Gasteiger charge is -2.41. The number of piperidine rings is 1. The van der Waals surface area contributed by atoms with E-state index in [1.807, 2.05) is 21.7 Å². The fourth-order valence-corrected chi connectivity index (χ4v) is 4.52. The standard InChI is InChI=1S/C18H22N4O2S/c1-13-4-2-3-5-14(13)11-25-12-18(23)21-7-6-17-16(9-21)22-15(10-24-17)8-19-20-22/h2-5,8,16-17H,6-7,9-12H2,1H3/t16-,17+/m1/s1. The second-order valence-corrected chi connectivity index (χ2v) is 7.62. The molecular formula is C18H22N4O2S. The van der Waals surface area contributed by atoms with Crippen molar-refractivity contribution in [2.75, 3.05) is 18.8 Å². The maximum absolute atomic E-state index is 12.6. The van der Waals surface area contributed by atoms with Gasteiger partial charge in [-0.05, 0) is 24.5 Å². The molecule has 0 radical (unpaired) electrons. The van der Waals surface area contributed by atoms with Crippen molar-refractivity contribution in [1.82, 2.24) is 19.9 Å². The molecule has 3 heterocycles. The Balaban J connectivity index is 1.34. The number of likely N-dealkylation sites (tertiary alicyclic amines) is 1. The summed E-state index contributed by atoms with van der Waals surface area (Å²) in [5.74, 6) is 1.58. The van der Waals surface area contributed by atoms with Gasteiger partial charge in [0.1, 0.15) is 0 Å². The summed E-state index contributed by atoms with van der Waals surface area (Å²) in [6, 6.07) is 8.42. The third-order valence-corrected chi connectivity index (χ3v) is 5.99. The maximum atomic E-state index is 12.6. The van der Waals surface area contributed by atoms with Crippen molar-refractivity contribution in [3.05, 3.63) is 47.3 Å². The number of aryl methyl sites for hydroxylation is 1. The zero-order chi connectivity index (χ0) is 17.2. The molecule has 2 aliphatic heterocycles. The summed E-state index contributed by atoms with van der Waals surface area (Å²) in [4.78, 5) is 14.6. The highest BCUT2D eigenvalue weighted by molar-refractivity contribution is 7.99. The van der Waals surface area contributed by atoms with Crippen LogP contribution in [0.1, 0.15) is 29.3 Å². The minimum absolute atomic E-state index is 0.0883. The molecule has 25 heavy (non-hydrogen) atoms. The number of amides is 1. The first kappa shape index (κ1) is 16.6. The Morgan fingerprint density at radius 2 is 2.28 bits per heavy atom. The summed E-state index contributed by atoms with van der Waals surface area (Å²) in [6.45, 7) is 4.09. The molecule has 4 rings (SSSR count). The van der Waals surface area contributed by atoms with E-state index in [1.165, 1.54) is 11.1 Å². The predicted octanol–water partition coefficient (Wildman–Crippen LogP) is 2.19. The Morgan fingerprint density at radius 3 is 3.16 bits per heavy atom. The molecule has 0 bridgehead atoms. The van der Waals surface area contributed by atoms with Gasteiger partial charge < -0.3 is 9.64 Å². The SMILES string of the molecule is Cc1ccccc1CSCC(=O)N1CC[C@@H]2OCc3cnnn3[C@@H]2C1. The highest BCUT2D eigenvalue weighted by atomic mass is 32.2. The molecule has 7 heteroatoms. The molecule has 6 nitrogen and oxygen atoms in total. The molecule has 1 aromatic heterocycles. The van der Waals surface area contributed by atoms with Crippen molar-refractivity contribution in [2.45, 2.75) is 37.9 Å². The average Bonchev–Trinajstić information content (AvgIpc) is 3.12. The van der Waals surface area contributed by atoms with E-state index in [1.54, 1.807) is 18.0 Å². The van der Waals surface area contributed by atoms with E-state index in [4.69, 9.17) is 4.74 Å². The molecule has 2 atom stereocenters. The molecule has 2 aliphatic rings. The van der Waals surface area contributed by atoms with Crippen molar-refractivity contribution in [2.24, 2.45) is 0 Å². The smallest absolute Gasteiger partial charge is 0.232 e. The molecule has 132 valence electrons. The van der Waals surface area contributed by atoms with Crippen LogP contribution in [0.2, 0.25) is 0 Å². The van der Waals surface area contributed by atoms with Crippen LogP contribution in [0.15, 0.2) is 30.5 Å². The normalized spacial score (nSPS) is 22.4. The summed E-state index contributed by atoms with van der Waals surface area (Å²) in [5, 5.41) is 8.17. The Bertz CT molecular complexity index is 763. The highest BCUT2D eigenvalue weighted by Gasteiger charge is 2.37. The van der Waals surface area contributed by atoms with Crippen molar-refractivity contribution in [3.8, 4) is 0 Å². The van der Waals surface area contributed by atoms with Crippen molar-refractivity contribution >= 4 is 17.7 Å². The van der Waals surface area contributed by atoms with Gasteiger partial charge in [0.05, 0.1) is 36.4 Å². The minimum atomic E-state index is 0.0883. The van der Waals surface area contributed by atoms with Crippen LogP contribution in [0.5, 0.6) is 0 Å². The van der Waals surface area contributed by atoms with E-state index in [0.717, 1.165) is 24.4 Å². The number of thioether (sulfide) groups is 1. The lowest BCUT2D eigenvalue weighted by Crippen LogP contribution is -2.50. The number of aromatic nitrogens is 3. The molecule has 1 fully saturated rings. The van der Waals surface area contributed by atoms with Gasteiger partial charge in [0.15, 0.2) is 0 Å². The van der Waals surface area contributed by atoms with Crippen molar-refractivity contribution in [3.63, 3.8) is 0 Å². The number of rotatable bonds is 4. The van der Waals surface area contributed by atoms with Crippen LogP contribution in [0.4, 0.5) is 0 Å². The van der Waals surface area contributed by atoms with E-state index in [9.17, 15) is 4.79 Å². The van der Waals surface area contributed by atoms with E-state index >= 15 is 0 Å². The topological polar surface area (TPSA) is 60.3 Å². The predicted molar refractivity (Wildman–Crippen MR) is 96.2 cm³/mol. The number of benzene rings is 1. The van der Waals surface area contributed by atoms with Gasteiger partial charge in [-0.25, -0.2) is 4.68 Å². The number of hydrogen-bond donors (Lipinski definition) is 0. The summed E-state index contributed by atoms with van der Waals surface area (Å²) in [7, 11) is 0. The zero-order valence-corrected chi connectivity index (χ0v) is 15.1. The van der Waals surface area contributed by atoms with Crippen LogP contribution >= 0.6 is 11.8 Å². The Morgan fingerprint density at radius 1 is 1.40 bits per heavy atom. The number of fused-ring (bicyclic) bond motifs is 3. The van der Waals surface area contributed by atoms with Crippen molar-refractivity contribution in [1.29, 1.82) is 0 Å². The molecule has 0 unspecified atom stereocenters. The second-order valence-electron chi connectivity index (χ2n) is 6.63. The third-order valence-electron chi connectivity index (χ3n) is 5.03. The maximum Gasteiger partial charge on any atom is 0.232 e. The molecule has 2 aromatic rings. The average molecular weight is 358 g/mol. The van der Waals surface area contributed by atoms with Crippen LogP contribution in [0.25, 0.3) is 0 Å². The lowest BCUT2D eigenvalue weighted by molar-refractivity contribution is -0.135. The molecule has 1 aromatic carbocycles. The molecule has 1 saturated heterocycles. The van der Waals surface area contributed by atoms with Gasteiger partial charge in [-0.2, -0.15) is 0 Å². The summed E-state index contributed by atoms with van der Waals surface area (Å²) in [5.41, 5.74) is 3.57. The van der Waals surface area contributed by atoms with E-state index in [0.29, 0.717) is 18.9 Å². The second kappa shape index (κ2) is 7.17.